The third-order valence-electron chi connectivity index (χ3n) is 0.947. The number of halogens is 1. The second-order valence-corrected chi connectivity index (χ2v) is 3.12. The van der Waals surface area contributed by atoms with Crippen molar-refractivity contribution in [3.05, 3.63) is 0 Å². The molecule has 1 unspecified atom stereocenters. The van der Waals surface area contributed by atoms with Crippen LogP contribution in [0.25, 0.3) is 0 Å². The van der Waals surface area contributed by atoms with Gasteiger partial charge >= 0.3 is 0 Å². The van der Waals surface area contributed by atoms with Gasteiger partial charge in [-0.25, -0.2) is 4.39 Å². The van der Waals surface area contributed by atoms with Crippen LogP contribution in [0.15, 0.2) is 0 Å². The zero-order chi connectivity index (χ0) is 7.49. The number of nitrogens with zero attached hydrogens (tertiary/aromatic N) is 1. The van der Waals surface area contributed by atoms with E-state index >= 15 is 0 Å². The minimum absolute atomic E-state index is 0.399. The fourth-order valence-corrected chi connectivity index (χ4v) is 0.505. The number of likely N-dealkylation sites (N-methyl/N-ethyl adjacent to an activating group) is 1. The summed E-state index contributed by atoms with van der Waals surface area (Å²) in [5.41, 5.74) is 0. The van der Waals surface area contributed by atoms with Gasteiger partial charge < -0.3 is 9.22 Å². The van der Waals surface area contributed by atoms with Crippen molar-refractivity contribution in [2.45, 2.75) is 6.36 Å². The first-order chi connectivity index (χ1) is 3.95. The summed E-state index contributed by atoms with van der Waals surface area (Å²) in [6.45, 7) is 0.399. The van der Waals surface area contributed by atoms with Crippen molar-refractivity contribution < 1.29 is 13.6 Å². The number of hydrogen-bond donors (Lipinski definition) is 0. The Balaban J connectivity index is 3.47. The quantitative estimate of drug-likeness (QED) is 0.517. The Morgan fingerprint density at radius 3 is 2.00 bits per heavy atom. The van der Waals surface area contributed by atoms with E-state index in [1.807, 2.05) is 21.1 Å². The Labute approximate surface area is 55.8 Å². The molecule has 0 spiro atoms. The van der Waals surface area contributed by atoms with Crippen molar-refractivity contribution >= 4 is 0 Å². The van der Waals surface area contributed by atoms with Gasteiger partial charge in [-0.05, 0) is 0 Å². The minimum Gasteiger partial charge on any atom is -0.347 e. The lowest BCUT2D eigenvalue weighted by Crippen LogP contribution is -2.40. The maximum Gasteiger partial charge on any atom is 0.248 e. The standard InChI is InChI=1S/C6H15FNO/c1-8(2,3)5-6(7)9-4/h6H,5H2,1-4H3/q+1. The maximum atomic E-state index is 12.4. The fraction of sp³-hybridized carbons (Fsp3) is 1.00. The zero-order valence-corrected chi connectivity index (χ0v) is 6.52. The molecule has 0 saturated carbocycles. The summed E-state index contributed by atoms with van der Waals surface area (Å²) in [4.78, 5) is 0. The summed E-state index contributed by atoms with van der Waals surface area (Å²) >= 11 is 0. The summed E-state index contributed by atoms with van der Waals surface area (Å²) in [6.07, 6.45) is -1.13. The Bertz CT molecular complexity index is 79.6. The molecule has 0 aliphatic rings. The summed E-state index contributed by atoms with van der Waals surface area (Å²) in [6, 6.07) is 0. The molecule has 0 N–H and O–H groups in total. The third-order valence-corrected chi connectivity index (χ3v) is 0.947. The van der Waals surface area contributed by atoms with Gasteiger partial charge in [-0.3, -0.25) is 0 Å². The molecule has 3 heteroatoms. The molecule has 0 amide bonds. The van der Waals surface area contributed by atoms with E-state index in [4.69, 9.17) is 0 Å². The van der Waals surface area contributed by atoms with Crippen LogP contribution in [0.5, 0.6) is 0 Å². The third kappa shape index (κ3) is 5.73. The van der Waals surface area contributed by atoms with Crippen LogP contribution >= 0.6 is 0 Å². The predicted octanol–water partition coefficient (Wildman–Crippen LogP) is 0.635. The predicted molar refractivity (Wildman–Crippen MR) is 34.8 cm³/mol. The van der Waals surface area contributed by atoms with Crippen molar-refractivity contribution in [2.24, 2.45) is 0 Å². The first-order valence-electron chi connectivity index (χ1n) is 2.93. The summed E-state index contributed by atoms with van der Waals surface area (Å²) in [7, 11) is 7.14. The van der Waals surface area contributed by atoms with Gasteiger partial charge in [-0.1, -0.05) is 0 Å². The first-order valence-corrected chi connectivity index (χ1v) is 2.93. The van der Waals surface area contributed by atoms with E-state index in [0.29, 0.717) is 11.0 Å². The number of quaternary nitrogens is 1. The lowest BCUT2D eigenvalue weighted by atomic mass is 10.5. The van der Waals surface area contributed by atoms with E-state index in [-0.39, 0.29) is 0 Å². The molecule has 0 rings (SSSR count). The number of alkyl halides is 1. The van der Waals surface area contributed by atoms with Crippen LogP contribution in [0.4, 0.5) is 4.39 Å². The van der Waals surface area contributed by atoms with Crippen LogP contribution in [-0.4, -0.2) is 45.6 Å². The van der Waals surface area contributed by atoms with E-state index in [1.165, 1.54) is 7.11 Å². The van der Waals surface area contributed by atoms with Gasteiger partial charge in [0.2, 0.25) is 6.36 Å². The molecular weight excluding hydrogens is 121 g/mol. The van der Waals surface area contributed by atoms with E-state index in [0.717, 1.165) is 0 Å². The molecule has 0 heterocycles. The van der Waals surface area contributed by atoms with Crippen molar-refractivity contribution in [2.75, 3.05) is 34.8 Å². The van der Waals surface area contributed by atoms with Gasteiger partial charge in [0.25, 0.3) is 0 Å². The molecule has 0 fully saturated rings. The second-order valence-electron chi connectivity index (χ2n) is 3.12. The highest BCUT2D eigenvalue weighted by atomic mass is 19.1. The SMILES string of the molecule is COC(F)C[N+](C)(C)C. The topological polar surface area (TPSA) is 9.23 Å². The van der Waals surface area contributed by atoms with Crippen LogP contribution in [0.3, 0.4) is 0 Å². The lowest BCUT2D eigenvalue weighted by molar-refractivity contribution is -0.875. The summed E-state index contributed by atoms with van der Waals surface area (Å²) < 4.78 is 17.4. The molecule has 0 radical (unpaired) electrons. The summed E-state index contributed by atoms with van der Waals surface area (Å²) in [5.74, 6) is 0. The van der Waals surface area contributed by atoms with Crippen LogP contribution in [0, 0.1) is 0 Å². The smallest absolute Gasteiger partial charge is 0.248 e. The molecule has 0 aliphatic heterocycles. The van der Waals surface area contributed by atoms with Gasteiger partial charge in [0, 0.05) is 7.11 Å². The van der Waals surface area contributed by atoms with Crippen molar-refractivity contribution in [1.29, 1.82) is 0 Å². The van der Waals surface area contributed by atoms with Gasteiger partial charge in [-0.15, -0.1) is 0 Å². The molecule has 0 aromatic rings. The molecule has 2 nitrogen and oxygen atoms in total. The van der Waals surface area contributed by atoms with Gasteiger partial charge in [0.15, 0.2) is 0 Å². The average Bonchev–Trinajstić information content (AvgIpc) is 1.62. The Kier molecular flexibility index (Phi) is 3.08. The van der Waals surface area contributed by atoms with E-state index < -0.39 is 6.36 Å². The molecular formula is C6H15FNO+. The molecule has 9 heavy (non-hydrogen) atoms. The zero-order valence-electron chi connectivity index (χ0n) is 6.52. The van der Waals surface area contributed by atoms with Crippen LogP contribution in [-0.2, 0) is 4.74 Å². The van der Waals surface area contributed by atoms with E-state index in [1.54, 1.807) is 0 Å². The molecule has 0 bridgehead atoms. The first kappa shape index (κ1) is 8.85. The van der Waals surface area contributed by atoms with Gasteiger partial charge in [-0.2, -0.15) is 0 Å². The molecule has 56 valence electrons. The van der Waals surface area contributed by atoms with Crippen molar-refractivity contribution in [1.82, 2.24) is 0 Å². The number of methoxy groups -OCH3 is 1. The largest absolute Gasteiger partial charge is 0.347 e. The summed E-state index contributed by atoms with van der Waals surface area (Å²) in [5, 5.41) is 0. The number of ether oxygens (including phenoxy) is 1. The molecule has 0 aromatic carbocycles. The highest BCUT2D eigenvalue weighted by Crippen LogP contribution is 1.98. The average molecular weight is 136 g/mol. The monoisotopic (exact) mass is 136 g/mol. The Morgan fingerprint density at radius 2 is 1.89 bits per heavy atom. The highest BCUT2D eigenvalue weighted by molar-refractivity contribution is 4.33. The number of rotatable bonds is 3. The Hall–Kier alpha value is -0.150. The minimum atomic E-state index is -1.13. The van der Waals surface area contributed by atoms with Crippen molar-refractivity contribution in [3.8, 4) is 0 Å². The number of hydrogen-bond acceptors (Lipinski definition) is 1. The molecule has 1 atom stereocenters. The van der Waals surface area contributed by atoms with E-state index in [2.05, 4.69) is 4.74 Å². The maximum absolute atomic E-state index is 12.4. The molecule has 0 aliphatic carbocycles. The van der Waals surface area contributed by atoms with Crippen LogP contribution in [0.2, 0.25) is 0 Å². The van der Waals surface area contributed by atoms with Gasteiger partial charge in [0.05, 0.1) is 21.1 Å². The van der Waals surface area contributed by atoms with Crippen molar-refractivity contribution in [3.63, 3.8) is 0 Å². The molecule has 0 saturated heterocycles. The van der Waals surface area contributed by atoms with E-state index in [9.17, 15) is 4.39 Å². The lowest BCUT2D eigenvalue weighted by Gasteiger charge is -2.24. The normalized spacial score (nSPS) is 15.7. The Morgan fingerprint density at radius 1 is 1.44 bits per heavy atom. The highest BCUT2D eigenvalue weighted by Gasteiger charge is 2.15. The second kappa shape index (κ2) is 3.13. The van der Waals surface area contributed by atoms with Gasteiger partial charge in [0.1, 0.15) is 6.54 Å². The fourth-order valence-electron chi connectivity index (χ4n) is 0.505. The molecule has 0 aromatic heterocycles. The van der Waals surface area contributed by atoms with Crippen LogP contribution < -0.4 is 0 Å². The van der Waals surface area contributed by atoms with Crippen LogP contribution in [0.1, 0.15) is 0 Å².